The van der Waals surface area contributed by atoms with Crippen molar-refractivity contribution < 1.29 is 14.7 Å². The maximum Gasteiger partial charge on any atom is 0.335 e. The predicted molar refractivity (Wildman–Crippen MR) is 81.9 cm³/mol. The van der Waals surface area contributed by atoms with E-state index in [1.54, 1.807) is 23.1 Å². The first kappa shape index (κ1) is 15.4. The van der Waals surface area contributed by atoms with Gasteiger partial charge >= 0.3 is 12.0 Å². The minimum atomic E-state index is -0.939. The molecule has 114 valence electrons. The smallest absolute Gasteiger partial charge is 0.335 e. The number of carbonyl (C=O) groups is 2. The molecule has 0 saturated carbocycles. The molecular weight excluding hydrogens is 268 g/mol. The molecule has 1 aliphatic rings. The van der Waals surface area contributed by atoms with Crippen LogP contribution in [0, 0.1) is 5.92 Å². The Morgan fingerprint density at radius 3 is 2.67 bits per heavy atom. The molecule has 0 fully saturated rings. The van der Waals surface area contributed by atoms with E-state index in [0.717, 1.165) is 17.7 Å². The van der Waals surface area contributed by atoms with Crippen molar-refractivity contribution in [3.63, 3.8) is 0 Å². The van der Waals surface area contributed by atoms with Crippen molar-refractivity contribution in [3.8, 4) is 0 Å². The average Bonchev–Trinajstić information content (AvgIpc) is 2.80. The number of nitrogens with zero attached hydrogens (tertiary/aromatic N) is 1. The number of carboxylic acid groups (broad SMARTS) is 1. The number of carboxylic acids is 1. The highest BCUT2D eigenvalue weighted by atomic mass is 16.4. The number of hydrogen-bond acceptors (Lipinski definition) is 2. The fourth-order valence-corrected chi connectivity index (χ4v) is 2.80. The van der Waals surface area contributed by atoms with E-state index >= 15 is 0 Å². The highest BCUT2D eigenvalue weighted by molar-refractivity contribution is 5.96. The summed E-state index contributed by atoms with van der Waals surface area (Å²) >= 11 is 0. The van der Waals surface area contributed by atoms with Crippen LogP contribution in [-0.2, 0) is 6.42 Å². The van der Waals surface area contributed by atoms with E-state index in [4.69, 9.17) is 5.11 Å². The quantitative estimate of drug-likeness (QED) is 0.895. The summed E-state index contributed by atoms with van der Waals surface area (Å²) in [7, 11) is 0. The summed E-state index contributed by atoms with van der Waals surface area (Å²) in [6, 6.07) is 4.94. The molecule has 0 spiro atoms. The molecule has 0 radical (unpaired) electrons. The van der Waals surface area contributed by atoms with Crippen LogP contribution in [0.2, 0.25) is 0 Å². The molecule has 1 heterocycles. The Labute approximate surface area is 125 Å². The number of carbonyl (C=O) groups excluding carboxylic acids is 1. The molecule has 0 aromatic heterocycles. The monoisotopic (exact) mass is 290 g/mol. The van der Waals surface area contributed by atoms with Crippen molar-refractivity contribution in [3.05, 3.63) is 29.3 Å². The summed E-state index contributed by atoms with van der Waals surface area (Å²) < 4.78 is 0. The minimum absolute atomic E-state index is 0.107. The molecule has 21 heavy (non-hydrogen) atoms. The lowest BCUT2D eigenvalue weighted by Gasteiger charge is -2.22. The van der Waals surface area contributed by atoms with Crippen LogP contribution >= 0.6 is 0 Å². The third kappa shape index (κ3) is 3.54. The standard InChI is InChI=1S/C16H22N2O3/c1-10(2)8-11(3)17-16(21)18-7-6-12-9-13(15(19)20)4-5-14(12)18/h4-5,9-11H,6-8H2,1-3H3,(H,17,21)(H,19,20). The van der Waals surface area contributed by atoms with Crippen LogP contribution in [0.1, 0.15) is 43.1 Å². The van der Waals surface area contributed by atoms with Crippen LogP contribution in [0.3, 0.4) is 0 Å². The Balaban J connectivity index is 2.08. The molecule has 5 nitrogen and oxygen atoms in total. The van der Waals surface area contributed by atoms with Crippen LogP contribution in [0.4, 0.5) is 10.5 Å². The van der Waals surface area contributed by atoms with Gasteiger partial charge in [-0.3, -0.25) is 4.90 Å². The number of urea groups is 1. The van der Waals surface area contributed by atoms with Gasteiger partial charge in [-0.15, -0.1) is 0 Å². The van der Waals surface area contributed by atoms with Crippen molar-refractivity contribution in [2.24, 2.45) is 5.92 Å². The molecule has 2 N–H and O–H groups in total. The maximum absolute atomic E-state index is 12.3. The van der Waals surface area contributed by atoms with Crippen molar-refractivity contribution in [2.45, 2.75) is 39.7 Å². The summed E-state index contributed by atoms with van der Waals surface area (Å²) in [6.07, 6.45) is 1.63. The van der Waals surface area contributed by atoms with Crippen LogP contribution in [0.25, 0.3) is 0 Å². The SMILES string of the molecule is CC(C)CC(C)NC(=O)N1CCc2cc(C(=O)O)ccc21. The van der Waals surface area contributed by atoms with Gasteiger partial charge < -0.3 is 10.4 Å². The zero-order valence-electron chi connectivity index (χ0n) is 12.7. The number of benzene rings is 1. The lowest BCUT2D eigenvalue weighted by atomic mass is 10.1. The Morgan fingerprint density at radius 2 is 2.05 bits per heavy atom. The Kier molecular flexibility index (Phi) is 4.50. The van der Waals surface area contributed by atoms with Crippen molar-refractivity contribution in [1.82, 2.24) is 5.32 Å². The van der Waals surface area contributed by atoms with Crippen LogP contribution < -0.4 is 10.2 Å². The number of hydrogen-bond donors (Lipinski definition) is 2. The molecule has 1 aromatic rings. The lowest BCUT2D eigenvalue weighted by Crippen LogP contribution is -2.43. The Hall–Kier alpha value is -2.04. The summed E-state index contributed by atoms with van der Waals surface area (Å²) in [5, 5.41) is 12.0. The molecule has 1 atom stereocenters. The molecule has 2 rings (SSSR count). The maximum atomic E-state index is 12.3. The summed E-state index contributed by atoms with van der Waals surface area (Å²) in [6.45, 7) is 6.85. The van der Waals surface area contributed by atoms with Crippen LogP contribution in [-0.4, -0.2) is 29.7 Å². The van der Waals surface area contributed by atoms with Gasteiger partial charge in [0.1, 0.15) is 0 Å². The normalized spacial score (nSPS) is 15.0. The second kappa shape index (κ2) is 6.16. The van der Waals surface area contributed by atoms with E-state index in [1.165, 1.54) is 0 Å². The molecule has 0 aliphatic carbocycles. The molecule has 5 heteroatoms. The van der Waals surface area contributed by atoms with Gasteiger partial charge in [0.05, 0.1) is 5.56 Å². The molecule has 1 aromatic carbocycles. The number of nitrogens with one attached hydrogen (secondary N) is 1. The van der Waals surface area contributed by atoms with Gasteiger partial charge in [-0.05, 0) is 49.4 Å². The topological polar surface area (TPSA) is 69.6 Å². The molecule has 1 unspecified atom stereocenters. The van der Waals surface area contributed by atoms with Crippen molar-refractivity contribution >= 4 is 17.7 Å². The zero-order valence-corrected chi connectivity index (χ0v) is 12.7. The molecule has 0 saturated heterocycles. The van der Waals surface area contributed by atoms with Gasteiger partial charge in [0.2, 0.25) is 0 Å². The van der Waals surface area contributed by atoms with Gasteiger partial charge in [-0.2, -0.15) is 0 Å². The van der Waals surface area contributed by atoms with Crippen LogP contribution in [0.5, 0.6) is 0 Å². The molecule has 1 aliphatic heterocycles. The highest BCUT2D eigenvalue weighted by Crippen LogP contribution is 2.29. The number of rotatable bonds is 4. The molecular formula is C16H22N2O3. The molecule has 2 amide bonds. The summed E-state index contributed by atoms with van der Waals surface area (Å²) in [4.78, 5) is 25.0. The third-order valence-electron chi connectivity index (χ3n) is 3.66. The van der Waals surface area contributed by atoms with Crippen molar-refractivity contribution in [2.75, 3.05) is 11.4 Å². The second-order valence-electron chi connectivity index (χ2n) is 6.03. The number of aromatic carboxylic acids is 1. The zero-order chi connectivity index (χ0) is 15.6. The number of amides is 2. The third-order valence-corrected chi connectivity index (χ3v) is 3.66. The highest BCUT2D eigenvalue weighted by Gasteiger charge is 2.26. The fraction of sp³-hybridized carbons (Fsp3) is 0.500. The first-order valence-corrected chi connectivity index (χ1v) is 7.32. The second-order valence-corrected chi connectivity index (χ2v) is 6.03. The van der Waals surface area contributed by atoms with Gasteiger partial charge in [0.15, 0.2) is 0 Å². The Bertz CT molecular complexity index is 554. The molecule has 0 bridgehead atoms. The largest absolute Gasteiger partial charge is 0.478 e. The van der Waals surface area contributed by atoms with E-state index in [-0.39, 0.29) is 17.6 Å². The lowest BCUT2D eigenvalue weighted by molar-refractivity contribution is 0.0697. The van der Waals surface area contributed by atoms with Gasteiger partial charge in [-0.1, -0.05) is 13.8 Å². The average molecular weight is 290 g/mol. The first-order valence-electron chi connectivity index (χ1n) is 7.32. The van der Waals surface area contributed by atoms with Crippen LogP contribution in [0.15, 0.2) is 18.2 Å². The van der Waals surface area contributed by atoms with Gasteiger partial charge in [0.25, 0.3) is 0 Å². The van der Waals surface area contributed by atoms with E-state index in [2.05, 4.69) is 19.2 Å². The first-order chi connectivity index (χ1) is 9.88. The van der Waals surface area contributed by atoms with E-state index in [0.29, 0.717) is 18.9 Å². The van der Waals surface area contributed by atoms with Gasteiger partial charge in [0, 0.05) is 18.3 Å². The van der Waals surface area contributed by atoms with E-state index in [9.17, 15) is 9.59 Å². The summed E-state index contributed by atoms with van der Waals surface area (Å²) in [5.41, 5.74) is 2.00. The summed E-state index contributed by atoms with van der Waals surface area (Å²) in [5.74, 6) is -0.407. The van der Waals surface area contributed by atoms with Gasteiger partial charge in [-0.25, -0.2) is 9.59 Å². The fourth-order valence-electron chi connectivity index (χ4n) is 2.80. The number of anilines is 1. The Morgan fingerprint density at radius 1 is 1.33 bits per heavy atom. The minimum Gasteiger partial charge on any atom is -0.478 e. The predicted octanol–water partition coefficient (Wildman–Crippen LogP) is 2.89. The van der Waals surface area contributed by atoms with Crippen molar-refractivity contribution in [1.29, 1.82) is 0 Å². The number of fused-ring (bicyclic) bond motifs is 1. The van der Waals surface area contributed by atoms with E-state index < -0.39 is 5.97 Å². The van der Waals surface area contributed by atoms with E-state index in [1.807, 2.05) is 6.92 Å².